The molecule has 220 valence electrons. The molecule has 1 aromatic heterocycles. The minimum Gasteiger partial charge on any atom is -0.489 e. The molecule has 0 aliphatic heterocycles. The first-order chi connectivity index (χ1) is 20.7. The molecule has 0 bridgehead atoms. The van der Waals surface area contributed by atoms with Gasteiger partial charge in [-0.2, -0.15) is 0 Å². The van der Waals surface area contributed by atoms with Crippen LogP contribution in [0.5, 0.6) is 5.75 Å². The number of benzene rings is 4. The van der Waals surface area contributed by atoms with Gasteiger partial charge in [0.15, 0.2) is 0 Å². The fourth-order valence-corrected chi connectivity index (χ4v) is 6.43. The summed E-state index contributed by atoms with van der Waals surface area (Å²) >= 11 is 6.07. The van der Waals surface area contributed by atoms with Crippen LogP contribution in [-0.2, 0) is 16.6 Å². The van der Waals surface area contributed by atoms with E-state index in [-0.39, 0.29) is 17.1 Å². The average Bonchev–Trinajstić information content (AvgIpc) is 3.39. The predicted octanol–water partition coefficient (Wildman–Crippen LogP) is 7.45. The summed E-state index contributed by atoms with van der Waals surface area (Å²) in [6, 6.07) is 25.0. The lowest BCUT2D eigenvalue weighted by molar-refractivity contribution is 0.0697. The van der Waals surface area contributed by atoms with Crippen molar-refractivity contribution in [2.45, 2.75) is 49.6 Å². The Kier molecular flexibility index (Phi) is 7.96. The number of hydrogen-bond acceptors (Lipinski definition) is 5. The number of primary sulfonamides is 1. The molecule has 1 fully saturated rings. The van der Waals surface area contributed by atoms with Gasteiger partial charge in [-0.3, -0.25) is 0 Å². The van der Waals surface area contributed by atoms with E-state index in [0.29, 0.717) is 27.9 Å². The van der Waals surface area contributed by atoms with Gasteiger partial charge in [-0.1, -0.05) is 49.1 Å². The molecule has 3 N–H and O–H groups in total. The number of carboxylic acid groups (broad SMARTS) is 1. The van der Waals surface area contributed by atoms with Crippen molar-refractivity contribution in [2.75, 3.05) is 0 Å². The molecular weight excluding hydrogens is 586 g/mol. The molecule has 1 aliphatic carbocycles. The van der Waals surface area contributed by atoms with Gasteiger partial charge in [0.2, 0.25) is 10.0 Å². The first-order valence-electron chi connectivity index (χ1n) is 14.1. The maximum Gasteiger partial charge on any atom is 0.335 e. The molecule has 8 nitrogen and oxygen atoms in total. The zero-order valence-electron chi connectivity index (χ0n) is 23.2. The maximum atomic E-state index is 12.0. The van der Waals surface area contributed by atoms with Crippen LogP contribution in [-0.4, -0.2) is 29.0 Å². The molecule has 5 aromatic rings. The van der Waals surface area contributed by atoms with E-state index in [1.54, 1.807) is 36.4 Å². The van der Waals surface area contributed by atoms with Crippen molar-refractivity contribution in [3.05, 3.63) is 101 Å². The van der Waals surface area contributed by atoms with E-state index in [9.17, 15) is 18.3 Å². The Bertz CT molecular complexity index is 1910. The number of nitrogens with two attached hydrogens (primary N) is 1. The molecule has 0 radical (unpaired) electrons. The van der Waals surface area contributed by atoms with Crippen LogP contribution in [0.25, 0.3) is 33.5 Å². The van der Waals surface area contributed by atoms with Gasteiger partial charge in [0.1, 0.15) is 18.2 Å². The first kappa shape index (κ1) is 28.9. The lowest BCUT2D eigenvalue weighted by Crippen LogP contribution is -2.14. The summed E-state index contributed by atoms with van der Waals surface area (Å²) in [6.07, 6.45) is 5.64. The highest BCUT2D eigenvalue weighted by Gasteiger charge is 2.23. The lowest BCUT2D eigenvalue weighted by Gasteiger charge is -2.25. The lowest BCUT2D eigenvalue weighted by atomic mass is 9.95. The number of rotatable bonds is 8. The summed E-state index contributed by atoms with van der Waals surface area (Å²) in [5.74, 6) is 0.463. The zero-order chi connectivity index (χ0) is 30.1. The average molecular weight is 616 g/mol. The number of carbonyl (C=O) groups is 1. The molecule has 0 atom stereocenters. The Labute approximate surface area is 254 Å². The number of hydrogen-bond donors (Lipinski definition) is 2. The van der Waals surface area contributed by atoms with E-state index in [0.717, 1.165) is 53.7 Å². The van der Waals surface area contributed by atoms with Crippen molar-refractivity contribution < 1.29 is 23.1 Å². The summed E-state index contributed by atoms with van der Waals surface area (Å²) in [5.41, 5.74) is 4.98. The highest BCUT2D eigenvalue weighted by Crippen LogP contribution is 2.37. The minimum absolute atomic E-state index is 0.0156. The molecule has 1 heterocycles. The van der Waals surface area contributed by atoms with Gasteiger partial charge in [0.05, 0.1) is 21.5 Å². The third-order valence-electron chi connectivity index (χ3n) is 7.95. The highest BCUT2D eigenvalue weighted by molar-refractivity contribution is 7.89. The minimum atomic E-state index is -3.89. The molecular formula is C33H30ClN3O5S. The van der Waals surface area contributed by atoms with Crippen LogP contribution >= 0.6 is 11.6 Å². The van der Waals surface area contributed by atoms with Crippen molar-refractivity contribution in [3.63, 3.8) is 0 Å². The normalized spacial score (nSPS) is 14.2. The van der Waals surface area contributed by atoms with Crippen LogP contribution in [0, 0.1) is 0 Å². The van der Waals surface area contributed by atoms with Gasteiger partial charge in [-0.25, -0.2) is 23.3 Å². The summed E-state index contributed by atoms with van der Waals surface area (Å²) < 4.78 is 32.5. The van der Waals surface area contributed by atoms with Crippen LogP contribution in [0.3, 0.4) is 0 Å². The number of aromatic nitrogens is 2. The Balaban J connectivity index is 1.30. The Morgan fingerprint density at radius 3 is 2.30 bits per heavy atom. The van der Waals surface area contributed by atoms with E-state index >= 15 is 0 Å². The second kappa shape index (κ2) is 11.8. The van der Waals surface area contributed by atoms with Gasteiger partial charge in [-0.05, 0) is 96.3 Å². The molecule has 0 amide bonds. The number of sulfonamides is 1. The second-order valence-corrected chi connectivity index (χ2v) is 12.8. The van der Waals surface area contributed by atoms with Crippen LogP contribution in [0.1, 0.15) is 54.1 Å². The van der Waals surface area contributed by atoms with Gasteiger partial charge < -0.3 is 14.4 Å². The van der Waals surface area contributed by atoms with Crippen molar-refractivity contribution in [1.29, 1.82) is 0 Å². The Morgan fingerprint density at radius 2 is 1.63 bits per heavy atom. The number of fused-ring (bicyclic) bond motifs is 1. The van der Waals surface area contributed by atoms with E-state index in [1.807, 2.05) is 42.5 Å². The van der Waals surface area contributed by atoms with Crippen molar-refractivity contribution >= 4 is 38.6 Å². The highest BCUT2D eigenvalue weighted by atomic mass is 35.5. The molecule has 43 heavy (non-hydrogen) atoms. The molecule has 0 unspecified atom stereocenters. The quantitative estimate of drug-likeness (QED) is 0.187. The maximum absolute atomic E-state index is 12.0. The van der Waals surface area contributed by atoms with Gasteiger partial charge in [0, 0.05) is 16.6 Å². The topological polar surface area (TPSA) is 125 Å². The number of ether oxygens (including phenoxy) is 1. The number of aromatic carboxylic acids is 1. The van der Waals surface area contributed by atoms with E-state index < -0.39 is 16.0 Å². The molecule has 1 saturated carbocycles. The summed E-state index contributed by atoms with van der Waals surface area (Å²) in [5, 5.41) is 15.5. The van der Waals surface area contributed by atoms with Crippen LogP contribution < -0.4 is 9.88 Å². The molecule has 1 aliphatic rings. The fraction of sp³-hybridized carbons (Fsp3) is 0.212. The third kappa shape index (κ3) is 6.15. The number of halogens is 1. The van der Waals surface area contributed by atoms with Crippen LogP contribution in [0.15, 0.2) is 89.8 Å². The van der Waals surface area contributed by atoms with Crippen molar-refractivity contribution in [2.24, 2.45) is 5.14 Å². The Morgan fingerprint density at radius 1 is 0.930 bits per heavy atom. The SMILES string of the molecule is NS(=O)(=O)c1ccc(COc2ccc(-c3nc4cc(C(=O)O)ccc4n3C3CCCCC3)cc2)c(-c2ccc(Cl)cc2)c1. The van der Waals surface area contributed by atoms with Gasteiger partial charge in [-0.15, -0.1) is 0 Å². The Hall–Kier alpha value is -4.18. The molecule has 0 saturated heterocycles. The largest absolute Gasteiger partial charge is 0.489 e. The molecule has 0 spiro atoms. The second-order valence-electron chi connectivity index (χ2n) is 10.8. The van der Waals surface area contributed by atoms with Crippen molar-refractivity contribution in [3.8, 4) is 28.3 Å². The van der Waals surface area contributed by atoms with Crippen molar-refractivity contribution in [1.82, 2.24) is 9.55 Å². The monoisotopic (exact) mass is 615 g/mol. The molecule has 6 rings (SSSR count). The van der Waals surface area contributed by atoms with E-state index in [1.165, 1.54) is 12.5 Å². The summed E-state index contributed by atoms with van der Waals surface area (Å²) in [6.45, 7) is 0.195. The molecule has 10 heteroatoms. The smallest absolute Gasteiger partial charge is 0.335 e. The number of carboxylic acids is 1. The number of imidazole rings is 1. The van der Waals surface area contributed by atoms with Gasteiger partial charge in [0.25, 0.3) is 0 Å². The number of nitrogens with zero attached hydrogens (tertiary/aromatic N) is 2. The van der Waals surface area contributed by atoms with Gasteiger partial charge >= 0.3 is 5.97 Å². The predicted molar refractivity (Wildman–Crippen MR) is 167 cm³/mol. The standard InChI is InChI=1S/C33H30ClN3O5S/c34-25-12-6-21(7-13-25)29-19-28(43(35,40)41)16-10-24(29)20-42-27-14-8-22(9-15-27)32-36-30-18-23(33(38)39)11-17-31(30)37(32)26-4-2-1-3-5-26/h6-19,26H,1-5,20H2,(H,38,39)(H2,35,40,41). The van der Waals surface area contributed by atoms with E-state index in [2.05, 4.69) is 4.57 Å². The molecule has 4 aromatic carbocycles. The summed E-state index contributed by atoms with van der Waals surface area (Å²) in [4.78, 5) is 16.5. The fourth-order valence-electron chi connectivity index (χ4n) is 5.76. The van der Waals surface area contributed by atoms with E-state index in [4.69, 9.17) is 26.5 Å². The zero-order valence-corrected chi connectivity index (χ0v) is 24.8. The summed E-state index contributed by atoms with van der Waals surface area (Å²) in [7, 11) is -3.89. The first-order valence-corrected chi connectivity index (χ1v) is 16.0. The van der Waals surface area contributed by atoms with Crippen LogP contribution in [0.4, 0.5) is 0 Å². The third-order valence-corrected chi connectivity index (χ3v) is 9.11. The van der Waals surface area contributed by atoms with Crippen LogP contribution in [0.2, 0.25) is 5.02 Å².